The summed E-state index contributed by atoms with van der Waals surface area (Å²) in [5, 5.41) is 0.848. The highest BCUT2D eigenvalue weighted by Gasteiger charge is 2.53. The molecule has 2 atom stereocenters. The minimum Gasteiger partial charge on any atom is -0.347 e. The lowest BCUT2D eigenvalue weighted by atomic mass is 10.1. The maximum atomic E-state index is 13.1. The molecule has 142 valence electrons. The van der Waals surface area contributed by atoms with Crippen LogP contribution in [0.1, 0.15) is 36.0 Å². The quantitative estimate of drug-likeness (QED) is 0.781. The van der Waals surface area contributed by atoms with Crippen LogP contribution >= 0.6 is 23.2 Å². The fraction of sp³-hybridized carbons (Fsp3) is 0.632. The van der Waals surface area contributed by atoms with Gasteiger partial charge in [0.05, 0.1) is 29.3 Å². The largest absolute Gasteiger partial charge is 0.347 e. The second kappa shape index (κ2) is 7.28. The number of hydrogen-bond donors (Lipinski definition) is 0. The molecule has 2 unspecified atom stereocenters. The lowest BCUT2D eigenvalue weighted by Crippen LogP contribution is -2.48. The topological polar surface area (TPSA) is 42.0 Å². The van der Waals surface area contributed by atoms with E-state index >= 15 is 0 Å². The molecule has 26 heavy (non-hydrogen) atoms. The summed E-state index contributed by atoms with van der Waals surface area (Å²) in [5.41, 5.74) is 0.552. The first-order valence-electron chi connectivity index (χ1n) is 9.23. The normalized spacial score (nSPS) is 28.1. The van der Waals surface area contributed by atoms with Gasteiger partial charge in [-0.3, -0.25) is 9.69 Å². The fourth-order valence-electron chi connectivity index (χ4n) is 4.55. The molecule has 0 bridgehead atoms. The summed E-state index contributed by atoms with van der Waals surface area (Å²) in [6.07, 6.45) is 3.94. The van der Waals surface area contributed by atoms with E-state index in [0.29, 0.717) is 35.2 Å². The number of ether oxygens (including phenoxy) is 2. The van der Waals surface area contributed by atoms with Crippen molar-refractivity contribution in [3.63, 3.8) is 0 Å². The number of nitrogens with zero attached hydrogens (tertiary/aromatic N) is 2. The summed E-state index contributed by atoms with van der Waals surface area (Å²) in [6.45, 7) is 3.41. The average molecular weight is 399 g/mol. The van der Waals surface area contributed by atoms with E-state index in [1.807, 2.05) is 11.9 Å². The fourth-order valence-corrected chi connectivity index (χ4v) is 4.85. The third-order valence-electron chi connectivity index (χ3n) is 5.89. The van der Waals surface area contributed by atoms with Gasteiger partial charge in [-0.1, -0.05) is 23.2 Å². The van der Waals surface area contributed by atoms with Crippen LogP contribution in [0.5, 0.6) is 0 Å². The number of amides is 1. The molecule has 1 saturated carbocycles. The Hall–Kier alpha value is -0.850. The Morgan fingerprint density at radius 3 is 2.50 bits per heavy atom. The van der Waals surface area contributed by atoms with Gasteiger partial charge in [0.15, 0.2) is 5.79 Å². The molecule has 2 heterocycles. The molecule has 1 aromatic rings. The van der Waals surface area contributed by atoms with Crippen LogP contribution in [0.25, 0.3) is 0 Å². The van der Waals surface area contributed by atoms with Crippen LogP contribution in [-0.4, -0.2) is 66.9 Å². The Morgan fingerprint density at radius 2 is 1.85 bits per heavy atom. The third kappa shape index (κ3) is 3.36. The van der Waals surface area contributed by atoms with Gasteiger partial charge in [-0.25, -0.2) is 0 Å². The van der Waals surface area contributed by atoms with Crippen LogP contribution in [0, 0.1) is 0 Å². The summed E-state index contributed by atoms with van der Waals surface area (Å²) < 4.78 is 11.9. The first kappa shape index (κ1) is 18.5. The van der Waals surface area contributed by atoms with Crippen molar-refractivity contribution in [2.24, 2.45) is 0 Å². The maximum Gasteiger partial charge on any atom is 0.253 e. The van der Waals surface area contributed by atoms with Crippen LogP contribution in [0.3, 0.4) is 0 Å². The minimum absolute atomic E-state index is 0.0483. The average Bonchev–Trinajstić information content (AvgIpc) is 3.38. The molecule has 1 spiro atoms. The molecule has 1 aliphatic carbocycles. The van der Waals surface area contributed by atoms with E-state index in [2.05, 4.69) is 4.90 Å². The van der Waals surface area contributed by atoms with Crippen molar-refractivity contribution in [1.82, 2.24) is 9.80 Å². The summed E-state index contributed by atoms with van der Waals surface area (Å²) in [7, 11) is 1.87. The molecule has 0 radical (unpaired) electrons. The maximum absolute atomic E-state index is 13.1. The lowest BCUT2D eigenvalue weighted by Gasteiger charge is -2.34. The zero-order valence-electron chi connectivity index (χ0n) is 14.9. The van der Waals surface area contributed by atoms with Crippen molar-refractivity contribution in [3.05, 3.63) is 33.8 Å². The molecule has 7 heteroatoms. The summed E-state index contributed by atoms with van der Waals surface area (Å²) in [5.74, 6) is -0.586. The van der Waals surface area contributed by atoms with Gasteiger partial charge in [0.1, 0.15) is 0 Å². The Morgan fingerprint density at radius 1 is 1.15 bits per heavy atom. The van der Waals surface area contributed by atoms with E-state index in [1.165, 1.54) is 12.8 Å². The summed E-state index contributed by atoms with van der Waals surface area (Å²) >= 11 is 12.1. The van der Waals surface area contributed by atoms with Crippen LogP contribution in [0.15, 0.2) is 18.2 Å². The molecule has 3 fully saturated rings. The molecular weight excluding hydrogens is 375 g/mol. The highest BCUT2D eigenvalue weighted by molar-refractivity contribution is 6.42. The van der Waals surface area contributed by atoms with Gasteiger partial charge in [-0.15, -0.1) is 0 Å². The highest BCUT2D eigenvalue weighted by atomic mass is 35.5. The zero-order chi connectivity index (χ0) is 18.3. The highest BCUT2D eigenvalue weighted by Crippen LogP contribution is 2.42. The van der Waals surface area contributed by atoms with E-state index in [1.54, 1.807) is 18.2 Å². The van der Waals surface area contributed by atoms with Crippen molar-refractivity contribution < 1.29 is 14.3 Å². The van der Waals surface area contributed by atoms with Crippen molar-refractivity contribution in [2.75, 3.05) is 33.4 Å². The number of likely N-dealkylation sites (N-methyl/N-ethyl adjacent to an activating group) is 1. The van der Waals surface area contributed by atoms with Crippen LogP contribution in [0.2, 0.25) is 10.0 Å². The zero-order valence-corrected chi connectivity index (χ0v) is 16.4. The van der Waals surface area contributed by atoms with E-state index in [-0.39, 0.29) is 18.0 Å². The Labute approximate surface area is 164 Å². The molecule has 4 rings (SSSR count). The van der Waals surface area contributed by atoms with Gasteiger partial charge in [0.25, 0.3) is 5.91 Å². The molecular formula is C19H24Cl2N2O3. The van der Waals surface area contributed by atoms with Gasteiger partial charge >= 0.3 is 0 Å². The predicted octanol–water partition coefficient (Wildman–Crippen LogP) is 3.44. The summed E-state index contributed by atoms with van der Waals surface area (Å²) in [4.78, 5) is 17.4. The van der Waals surface area contributed by atoms with Crippen molar-refractivity contribution in [2.45, 2.75) is 43.6 Å². The van der Waals surface area contributed by atoms with Gasteiger partial charge < -0.3 is 14.4 Å². The molecule has 0 aromatic heterocycles. The number of hydrogen-bond acceptors (Lipinski definition) is 4. The second-order valence-corrected chi connectivity index (χ2v) is 8.25. The Balaban J connectivity index is 1.57. The molecule has 2 saturated heterocycles. The van der Waals surface area contributed by atoms with Gasteiger partial charge in [0.2, 0.25) is 0 Å². The standard InChI is InChI=1S/C19H24Cl2N2O3/c1-22(18(24)13-4-5-14(20)15(21)10-13)16-11-19(25-8-9-26-19)12-17(16)23-6-2-3-7-23/h4-5,10,16-17H,2-3,6-9,11-12H2,1H3. The van der Waals surface area contributed by atoms with Crippen LogP contribution < -0.4 is 0 Å². The third-order valence-corrected chi connectivity index (χ3v) is 6.63. The van der Waals surface area contributed by atoms with E-state index in [9.17, 15) is 4.79 Å². The number of halogens is 2. The van der Waals surface area contributed by atoms with Crippen molar-refractivity contribution in [3.8, 4) is 0 Å². The lowest BCUT2D eigenvalue weighted by molar-refractivity contribution is -0.154. The molecule has 1 amide bonds. The van der Waals surface area contributed by atoms with Crippen molar-refractivity contribution in [1.29, 1.82) is 0 Å². The number of carbonyl (C=O) groups excluding carboxylic acids is 1. The summed E-state index contributed by atoms with van der Waals surface area (Å²) in [6, 6.07) is 5.34. The molecule has 0 N–H and O–H groups in total. The van der Waals surface area contributed by atoms with Gasteiger partial charge in [-0.2, -0.15) is 0 Å². The van der Waals surface area contributed by atoms with E-state index < -0.39 is 5.79 Å². The van der Waals surface area contributed by atoms with Crippen LogP contribution in [0.4, 0.5) is 0 Å². The predicted molar refractivity (Wildman–Crippen MR) is 101 cm³/mol. The molecule has 2 aliphatic heterocycles. The first-order valence-corrected chi connectivity index (χ1v) is 9.99. The minimum atomic E-state index is -0.538. The van der Waals surface area contributed by atoms with Crippen LogP contribution in [-0.2, 0) is 9.47 Å². The number of benzene rings is 1. The first-order chi connectivity index (χ1) is 12.5. The molecule has 1 aromatic carbocycles. The Bertz CT molecular complexity index is 687. The number of likely N-dealkylation sites (tertiary alicyclic amines) is 1. The SMILES string of the molecule is CN(C(=O)c1ccc(Cl)c(Cl)c1)C1CC2(CC1N1CCCC1)OCCO2. The van der Waals surface area contributed by atoms with E-state index in [4.69, 9.17) is 32.7 Å². The van der Waals surface area contributed by atoms with Gasteiger partial charge in [0, 0.05) is 31.5 Å². The molecule has 3 aliphatic rings. The second-order valence-electron chi connectivity index (χ2n) is 7.44. The van der Waals surface area contributed by atoms with Gasteiger partial charge in [-0.05, 0) is 44.1 Å². The number of carbonyl (C=O) groups is 1. The van der Waals surface area contributed by atoms with E-state index in [0.717, 1.165) is 19.5 Å². The monoisotopic (exact) mass is 398 g/mol. The van der Waals surface area contributed by atoms with Crippen molar-refractivity contribution >= 4 is 29.1 Å². The number of rotatable bonds is 3. The Kier molecular flexibility index (Phi) is 5.19. The smallest absolute Gasteiger partial charge is 0.253 e. The molecule has 5 nitrogen and oxygen atoms in total.